The summed E-state index contributed by atoms with van der Waals surface area (Å²) in [6.07, 6.45) is 2.25. The molecule has 0 aliphatic rings. The normalized spacial score (nSPS) is 11.3. The third-order valence-electron chi connectivity index (χ3n) is 2.78. The molecule has 0 saturated heterocycles. The van der Waals surface area contributed by atoms with Gasteiger partial charge in [-0.1, -0.05) is 25.2 Å². The molecule has 2 aromatic heterocycles. The van der Waals surface area contributed by atoms with Gasteiger partial charge in [0.25, 0.3) is 0 Å². The molecule has 4 nitrogen and oxygen atoms in total. The Balaban J connectivity index is 2.37. The average Bonchev–Trinajstić information content (AvgIpc) is 2.87. The van der Waals surface area contributed by atoms with Crippen LogP contribution in [0.4, 0.5) is 5.13 Å². The Morgan fingerprint density at radius 1 is 1.18 bits per heavy atom. The fourth-order valence-corrected chi connectivity index (χ4v) is 3.82. The number of nitrogens with two attached hydrogens (primary N) is 1. The number of nitrogen functional groups attached to an aromatic ring is 1. The molecule has 2 N–H and O–H groups in total. The quantitative estimate of drug-likeness (QED) is 0.922. The summed E-state index contributed by atoms with van der Waals surface area (Å²) in [7, 11) is 0. The van der Waals surface area contributed by atoms with E-state index >= 15 is 0 Å². The maximum absolute atomic E-state index is 5.61. The van der Waals surface area contributed by atoms with Crippen molar-refractivity contribution in [3.63, 3.8) is 0 Å². The number of thiazole rings is 1. The molecule has 0 aliphatic heterocycles. The van der Waals surface area contributed by atoms with Gasteiger partial charge in [-0.05, 0) is 19.8 Å². The van der Waals surface area contributed by atoms with Crippen LogP contribution in [0.15, 0.2) is 0 Å². The fraction of sp³-hybridized carbons (Fsp3) is 0.545. The number of anilines is 1. The van der Waals surface area contributed by atoms with Gasteiger partial charge in [-0.25, -0.2) is 4.98 Å². The van der Waals surface area contributed by atoms with E-state index in [1.165, 1.54) is 16.3 Å². The first-order chi connectivity index (χ1) is 8.15. The molecule has 0 bridgehead atoms. The lowest BCUT2D eigenvalue weighted by atomic mass is 10.1. The van der Waals surface area contributed by atoms with E-state index in [4.69, 9.17) is 5.73 Å². The lowest BCUT2D eigenvalue weighted by Crippen LogP contribution is -1.93. The molecule has 2 heterocycles. The molecule has 0 radical (unpaired) electrons. The topological polar surface area (TPSA) is 64.7 Å². The van der Waals surface area contributed by atoms with Gasteiger partial charge >= 0.3 is 0 Å². The molecule has 6 heteroatoms. The van der Waals surface area contributed by atoms with Gasteiger partial charge in [-0.15, -0.1) is 21.5 Å². The summed E-state index contributed by atoms with van der Waals surface area (Å²) in [5.41, 5.74) is 6.65. The SMILES string of the molecule is CCC(CC)c1nc(C)c(-c2nnc(N)s2)s1. The van der Waals surface area contributed by atoms with Crippen LogP contribution in [0.1, 0.15) is 43.3 Å². The second kappa shape index (κ2) is 5.10. The molecular weight excluding hydrogens is 252 g/mol. The highest BCUT2D eigenvalue weighted by atomic mass is 32.1. The van der Waals surface area contributed by atoms with E-state index in [1.54, 1.807) is 11.3 Å². The molecule has 0 amide bonds. The lowest BCUT2D eigenvalue weighted by molar-refractivity contribution is 0.636. The van der Waals surface area contributed by atoms with Crippen LogP contribution in [0.5, 0.6) is 0 Å². The molecule has 0 saturated carbocycles. The van der Waals surface area contributed by atoms with Crippen molar-refractivity contribution in [2.75, 3.05) is 5.73 Å². The highest BCUT2D eigenvalue weighted by Crippen LogP contribution is 2.37. The minimum absolute atomic E-state index is 0.511. The van der Waals surface area contributed by atoms with Crippen LogP contribution in [-0.2, 0) is 0 Å². The summed E-state index contributed by atoms with van der Waals surface area (Å²) < 4.78 is 0. The zero-order chi connectivity index (χ0) is 12.4. The Morgan fingerprint density at radius 2 is 1.88 bits per heavy atom. The Bertz CT molecular complexity index is 499. The van der Waals surface area contributed by atoms with Crippen LogP contribution in [-0.4, -0.2) is 15.2 Å². The molecule has 92 valence electrons. The number of rotatable bonds is 4. The molecule has 2 aromatic rings. The number of aromatic nitrogens is 3. The van der Waals surface area contributed by atoms with E-state index in [2.05, 4.69) is 29.0 Å². The predicted octanol–water partition coefficient (Wildman–Crippen LogP) is 3.46. The van der Waals surface area contributed by atoms with Crippen molar-refractivity contribution >= 4 is 27.8 Å². The van der Waals surface area contributed by atoms with E-state index in [-0.39, 0.29) is 0 Å². The largest absolute Gasteiger partial charge is 0.374 e. The van der Waals surface area contributed by atoms with Crippen LogP contribution < -0.4 is 5.73 Å². The third kappa shape index (κ3) is 2.47. The summed E-state index contributed by atoms with van der Waals surface area (Å²) >= 11 is 3.15. The zero-order valence-corrected chi connectivity index (χ0v) is 11.9. The molecule has 0 unspecified atom stereocenters. The molecule has 0 spiro atoms. The fourth-order valence-electron chi connectivity index (χ4n) is 1.75. The van der Waals surface area contributed by atoms with Gasteiger partial charge in [-0.3, -0.25) is 0 Å². The Morgan fingerprint density at radius 3 is 2.41 bits per heavy atom. The van der Waals surface area contributed by atoms with Gasteiger partial charge in [0.15, 0.2) is 5.01 Å². The number of nitrogens with zero attached hydrogens (tertiary/aromatic N) is 3. The van der Waals surface area contributed by atoms with Gasteiger partial charge < -0.3 is 5.73 Å². The van der Waals surface area contributed by atoms with E-state index in [0.717, 1.165) is 28.4 Å². The van der Waals surface area contributed by atoms with Crippen molar-refractivity contribution < 1.29 is 0 Å². The van der Waals surface area contributed by atoms with Crippen molar-refractivity contribution in [3.8, 4) is 9.88 Å². The standard InChI is InChI=1S/C11H16N4S2/c1-4-7(5-2)9-13-6(3)8(16-9)10-14-15-11(12)17-10/h7H,4-5H2,1-3H3,(H2,12,15). The second-order valence-electron chi connectivity index (χ2n) is 3.93. The lowest BCUT2D eigenvalue weighted by Gasteiger charge is -2.06. The summed E-state index contributed by atoms with van der Waals surface area (Å²) in [6, 6.07) is 0. The van der Waals surface area contributed by atoms with E-state index in [9.17, 15) is 0 Å². The van der Waals surface area contributed by atoms with Gasteiger partial charge in [-0.2, -0.15) is 0 Å². The summed E-state index contributed by atoms with van der Waals surface area (Å²) in [5.74, 6) is 0.553. The van der Waals surface area contributed by atoms with Gasteiger partial charge in [0.2, 0.25) is 5.13 Å². The molecule has 0 atom stereocenters. The van der Waals surface area contributed by atoms with Crippen molar-refractivity contribution in [3.05, 3.63) is 10.7 Å². The van der Waals surface area contributed by atoms with Crippen molar-refractivity contribution in [2.45, 2.75) is 39.5 Å². The average molecular weight is 268 g/mol. The Kier molecular flexibility index (Phi) is 3.73. The maximum atomic E-state index is 5.61. The third-order valence-corrected chi connectivity index (χ3v) is 5.01. The summed E-state index contributed by atoms with van der Waals surface area (Å²) in [4.78, 5) is 5.77. The summed E-state index contributed by atoms with van der Waals surface area (Å²) in [6.45, 7) is 6.43. The predicted molar refractivity (Wildman–Crippen MR) is 73.5 cm³/mol. The van der Waals surface area contributed by atoms with E-state index in [1.807, 2.05) is 6.92 Å². The van der Waals surface area contributed by atoms with E-state index < -0.39 is 0 Å². The smallest absolute Gasteiger partial charge is 0.203 e. The monoisotopic (exact) mass is 268 g/mol. The van der Waals surface area contributed by atoms with Gasteiger partial charge in [0.05, 0.1) is 15.6 Å². The van der Waals surface area contributed by atoms with Crippen molar-refractivity contribution in [2.24, 2.45) is 0 Å². The van der Waals surface area contributed by atoms with Gasteiger partial charge in [0.1, 0.15) is 0 Å². The minimum atomic E-state index is 0.511. The second-order valence-corrected chi connectivity index (χ2v) is 5.97. The zero-order valence-electron chi connectivity index (χ0n) is 10.2. The number of hydrogen-bond acceptors (Lipinski definition) is 6. The molecule has 0 aliphatic carbocycles. The first-order valence-corrected chi connectivity index (χ1v) is 7.35. The van der Waals surface area contributed by atoms with Crippen molar-refractivity contribution in [1.29, 1.82) is 0 Å². The van der Waals surface area contributed by atoms with Crippen LogP contribution in [0.2, 0.25) is 0 Å². The maximum Gasteiger partial charge on any atom is 0.203 e. The number of hydrogen-bond donors (Lipinski definition) is 1. The van der Waals surface area contributed by atoms with Crippen molar-refractivity contribution in [1.82, 2.24) is 15.2 Å². The highest BCUT2D eigenvalue weighted by molar-refractivity contribution is 7.23. The first-order valence-electron chi connectivity index (χ1n) is 5.72. The van der Waals surface area contributed by atoms with Crippen LogP contribution in [0.3, 0.4) is 0 Å². The van der Waals surface area contributed by atoms with Crippen LogP contribution in [0.25, 0.3) is 9.88 Å². The highest BCUT2D eigenvalue weighted by Gasteiger charge is 2.17. The summed E-state index contributed by atoms with van der Waals surface area (Å²) in [5, 5.41) is 10.5. The number of aryl methyl sites for hydroxylation is 1. The minimum Gasteiger partial charge on any atom is -0.374 e. The molecule has 2 rings (SSSR count). The van der Waals surface area contributed by atoms with E-state index in [0.29, 0.717) is 11.0 Å². The first kappa shape index (κ1) is 12.4. The molecule has 17 heavy (non-hydrogen) atoms. The van der Waals surface area contributed by atoms with Crippen LogP contribution >= 0.6 is 22.7 Å². The molecule has 0 aromatic carbocycles. The Labute approximate surface area is 109 Å². The van der Waals surface area contributed by atoms with Crippen LogP contribution in [0, 0.1) is 6.92 Å². The molecule has 0 fully saturated rings. The Hall–Kier alpha value is -1.01. The van der Waals surface area contributed by atoms with Gasteiger partial charge in [0, 0.05) is 5.92 Å². The molecular formula is C11H16N4S2.